The third-order valence-electron chi connectivity index (χ3n) is 10.4. The predicted molar refractivity (Wildman–Crippen MR) is 242 cm³/mol. The molecule has 0 aromatic heterocycles. The number of carbonyl (C=O) groups excluding carboxylic acids is 3. The molecule has 0 bridgehead atoms. The second-order valence-electron chi connectivity index (χ2n) is 16.0. The summed E-state index contributed by atoms with van der Waals surface area (Å²) < 4.78 is 16.6. The van der Waals surface area contributed by atoms with Crippen molar-refractivity contribution >= 4 is 17.9 Å². The molecular formula is C51H90O6. The third kappa shape index (κ3) is 44.3. The molecule has 330 valence electrons. The van der Waals surface area contributed by atoms with Crippen molar-refractivity contribution in [2.75, 3.05) is 13.2 Å². The van der Waals surface area contributed by atoms with Gasteiger partial charge in [-0.2, -0.15) is 0 Å². The number of carbonyl (C=O) groups is 3. The summed E-state index contributed by atoms with van der Waals surface area (Å²) >= 11 is 0. The summed E-state index contributed by atoms with van der Waals surface area (Å²) in [6, 6.07) is 0. The van der Waals surface area contributed by atoms with Crippen LogP contribution >= 0.6 is 0 Å². The third-order valence-corrected chi connectivity index (χ3v) is 10.4. The zero-order valence-corrected chi connectivity index (χ0v) is 37.6. The summed E-state index contributed by atoms with van der Waals surface area (Å²) in [5, 5.41) is 0. The number of esters is 3. The summed E-state index contributed by atoms with van der Waals surface area (Å²) in [5.41, 5.74) is 0. The normalized spacial score (nSPS) is 12.4. The molecule has 0 aliphatic heterocycles. The van der Waals surface area contributed by atoms with E-state index in [1.54, 1.807) is 0 Å². The molecule has 0 radical (unpaired) electrons. The first kappa shape index (κ1) is 54.4. The number of unbranched alkanes of at least 4 members (excludes halogenated alkanes) is 24. The lowest BCUT2D eigenvalue weighted by atomic mass is 10.0. The van der Waals surface area contributed by atoms with Crippen molar-refractivity contribution < 1.29 is 28.6 Å². The van der Waals surface area contributed by atoms with Crippen molar-refractivity contribution in [1.29, 1.82) is 0 Å². The highest BCUT2D eigenvalue weighted by Gasteiger charge is 2.19. The molecule has 0 N–H and O–H groups in total. The topological polar surface area (TPSA) is 78.9 Å². The molecule has 0 aliphatic rings. The molecule has 0 saturated heterocycles. The smallest absolute Gasteiger partial charge is 0.306 e. The van der Waals surface area contributed by atoms with Crippen LogP contribution in [-0.2, 0) is 28.6 Å². The highest BCUT2D eigenvalue weighted by Crippen LogP contribution is 2.15. The minimum atomic E-state index is -0.804. The highest BCUT2D eigenvalue weighted by atomic mass is 16.6. The van der Waals surface area contributed by atoms with Crippen LogP contribution < -0.4 is 0 Å². The van der Waals surface area contributed by atoms with Crippen LogP contribution in [0, 0.1) is 0 Å². The lowest BCUT2D eigenvalue weighted by Gasteiger charge is -2.18. The van der Waals surface area contributed by atoms with Crippen molar-refractivity contribution in [2.24, 2.45) is 0 Å². The van der Waals surface area contributed by atoms with Gasteiger partial charge >= 0.3 is 17.9 Å². The minimum Gasteiger partial charge on any atom is -0.462 e. The molecule has 6 heteroatoms. The monoisotopic (exact) mass is 799 g/mol. The van der Waals surface area contributed by atoms with Crippen LogP contribution in [0.15, 0.2) is 48.6 Å². The number of hydrogen-bond donors (Lipinski definition) is 0. The average Bonchev–Trinajstić information content (AvgIpc) is 3.21. The first-order valence-corrected chi connectivity index (χ1v) is 24.1. The zero-order valence-electron chi connectivity index (χ0n) is 37.6. The van der Waals surface area contributed by atoms with Crippen LogP contribution in [0.4, 0.5) is 0 Å². The van der Waals surface area contributed by atoms with Gasteiger partial charge in [-0.05, 0) is 44.9 Å². The fraction of sp³-hybridized carbons (Fsp3) is 0.784. The molecule has 0 aromatic rings. The van der Waals surface area contributed by atoms with Gasteiger partial charge in [-0.3, -0.25) is 14.4 Å². The summed E-state index contributed by atoms with van der Waals surface area (Å²) in [4.78, 5) is 37.7. The van der Waals surface area contributed by atoms with Gasteiger partial charge in [0.15, 0.2) is 6.10 Å². The van der Waals surface area contributed by atoms with Gasteiger partial charge in [-0.1, -0.05) is 223 Å². The van der Waals surface area contributed by atoms with Crippen LogP contribution in [-0.4, -0.2) is 37.2 Å². The van der Waals surface area contributed by atoms with Gasteiger partial charge in [0.05, 0.1) is 0 Å². The van der Waals surface area contributed by atoms with Crippen molar-refractivity contribution in [3.05, 3.63) is 48.6 Å². The summed E-state index contributed by atoms with van der Waals surface area (Å²) in [7, 11) is 0. The molecule has 1 atom stereocenters. The van der Waals surface area contributed by atoms with E-state index >= 15 is 0 Å². The Morgan fingerprint density at radius 3 is 1.04 bits per heavy atom. The largest absolute Gasteiger partial charge is 0.462 e. The van der Waals surface area contributed by atoms with Gasteiger partial charge in [-0.15, -0.1) is 0 Å². The van der Waals surface area contributed by atoms with E-state index in [1.165, 1.54) is 128 Å². The SMILES string of the molecule is CC/C=C\C/C=C\C/C=C\C/C=C\CCC(=O)OC(COC(=O)CCCCCCCCCCC)COC(=O)CCCCCCCCCCCCCCCCCCC. The van der Waals surface area contributed by atoms with E-state index in [4.69, 9.17) is 14.2 Å². The fourth-order valence-electron chi connectivity index (χ4n) is 6.75. The maximum absolute atomic E-state index is 12.7. The Morgan fingerprint density at radius 1 is 0.368 bits per heavy atom. The molecule has 0 aliphatic carbocycles. The quantitative estimate of drug-likeness (QED) is 0.0265. The van der Waals surface area contributed by atoms with E-state index in [0.29, 0.717) is 19.3 Å². The van der Waals surface area contributed by atoms with E-state index < -0.39 is 6.10 Å². The van der Waals surface area contributed by atoms with Crippen LogP contribution in [0.3, 0.4) is 0 Å². The second-order valence-corrected chi connectivity index (χ2v) is 16.0. The maximum Gasteiger partial charge on any atom is 0.306 e. The first-order valence-electron chi connectivity index (χ1n) is 24.1. The number of allylic oxidation sites excluding steroid dienone is 8. The Morgan fingerprint density at radius 2 is 0.684 bits per heavy atom. The Hall–Kier alpha value is -2.63. The highest BCUT2D eigenvalue weighted by molar-refractivity contribution is 5.71. The fourth-order valence-corrected chi connectivity index (χ4v) is 6.75. The molecule has 57 heavy (non-hydrogen) atoms. The molecule has 0 rings (SSSR count). The van der Waals surface area contributed by atoms with Crippen LogP contribution in [0.25, 0.3) is 0 Å². The van der Waals surface area contributed by atoms with Crippen molar-refractivity contribution in [3.63, 3.8) is 0 Å². The van der Waals surface area contributed by atoms with Gasteiger partial charge in [0.25, 0.3) is 0 Å². The molecule has 0 saturated carbocycles. The Kier molecular flexibility index (Phi) is 43.9. The lowest BCUT2D eigenvalue weighted by molar-refractivity contribution is -0.166. The predicted octanol–water partition coefficient (Wildman–Crippen LogP) is 15.5. The van der Waals surface area contributed by atoms with Gasteiger partial charge in [0, 0.05) is 19.3 Å². The molecule has 0 fully saturated rings. The van der Waals surface area contributed by atoms with Crippen molar-refractivity contribution in [2.45, 2.75) is 245 Å². The standard InChI is InChI=1S/C51H90O6/c1-4-7-10-13-16-19-21-23-24-25-26-28-29-32-35-38-41-44-50(53)56-47-48(46-55-49(52)43-40-37-34-31-18-15-12-9-6-3)57-51(54)45-42-39-36-33-30-27-22-20-17-14-11-8-5-2/h8,11,17,20,27,30,36,39,48H,4-7,9-10,12-16,18-19,21-26,28-29,31-35,37-38,40-47H2,1-3H3/b11-8-,20-17-,30-27-,39-36-. The van der Waals surface area contributed by atoms with Crippen molar-refractivity contribution in [1.82, 2.24) is 0 Å². The number of hydrogen-bond acceptors (Lipinski definition) is 6. The molecule has 0 spiro atoms. The molecule has 1 unspecified atom stereocenters. The van der Waals surface area contributed by atoms with E-state index in [9.17, 15) is 14.4 Å². The number of rotatable bonds is 43. The lowest BCUT2D eigenvalue weighted by Crippen LogP contribution is -2.30. The van der Waals surface area contributed by atoms with Gasteiger partial charge in [0.2, 0.25) is 0 Å². The Balaban J connectivity index is 4.37. The minimum absolute atomic E-state index is 0.0984. The summed E-state index contributed by atoms with van der Waals surface area (Å²) in [6.07, 6.45) is 54.0. The Labute approximate surface area is 352 Å². The first-order chi connectivity index (χ1) is 28.0. The summed E-state index contributed by atoms with van der Waals surface area (Å²) in [6.45, 7) is 6.45. The van der Waals surface area contributed by atoms with E-state index in [0.717, 1.165) is 64.2 Å². The van der Waals surface area contributed by atoms with E-state index in [1.807, 2.05) is 12.2 Å². The molecule has 0 amide bonds. The van der Waals surface area contributed by atoms with Gasteiger partial charge < -0.3 is 14.2 Å². The van der Waals surface area contributed by atoms with Crippen molar-refractivity contribution in [3.8, 4) is 0 Å². The van der Waals surface area contributed by atoms with Gasteiger partial charge in [0.1, 0.15) is 13.2 Å². The van der Waals surface area contributed by atoms with Crippen LogP contribution in [0.1, 0.15) is 239 Å². The van der Waals surface area contributed by atoms with Crippen LogP contribution in [0.5, 0.6) is 0 Å². The second kappa shape index (κ2) is 46.1. The van der Waals surface area contributed by atoms with E-state index in [-0.39, 0.29) is 37.5 Å². The van der Waals surface area contributed by atoms with Crippen LogP contribution in [0.2, 0.25) is 0 Å². The molecule has 0 heterocycles. The van der Waals surface area contributed by atoms with E-state index in [2.05, 4.69) is 57.2 Å². The molecular weight excluding hydrogens is 709 g/mol. The average molecular weight is 799 g/mol. The zero-order chi connectivity index (χ0) is 41.5. The Bertz CT molecular complexity index is 1010. The summed E-state index contributed by atoms with van der Waals surface area (Å²) in [5.74, 6) is -0.979. The maximum atomic E-state index is 12.7. The molecule has 6 nitrogen and oxygen atoms in total. The number of ether oxygens (including phenoxy) is 3. The van der Waals surface area contributed by atoms with Gasteiger partial charge in [-0.25, -0.2) is 0 Å². The molecule has 0 aromatic carbocycles.